The lowest BCUT2D eigenvalue weighted by atomic mass is 9.87. The average molecular weight is 335 g/mol. The molecule has 0 saturated heterocycles. The Morgan fingerprint density at radius 2 is 1.72 bits per heavy atom. The Bertz CT molecular complexity index is 921. The molecular formula is C22H22FNO. The van der Waals surface area contributed by atoms with Crippen LogP contribution >= 0.6 is 0 Å². The van der Waals surface area contributed by atoms with Gasteiger partial charge in [0, 0.05) is 17.0 Å². The monoisotopic (exact) mass is 335 g/mol. The standard InChI is InChI=1S/C22H22FNO/c1-22(2,3)16-6-9-18(10-7-16)25-21-19-11-8-17(23)12-15(19)13-20(24-21)14-4-5-14/h6-14H,4-5H2,1-3H3. The third-order valence-electron chi connectivity index (χ3n) is 4.71. The summed E-state index contributed by atoms with van der Waals surface area (Å²) >= 11 is 0. The number of nitrogens with zero attached hydrogens (tertiary/aromatic N) is 1. The van der Waals surface area contributed by atoms with E-state index in [9.17, 15) is 4.39 Å². The predicted molar refractivity (Wildman–Crippen MR) is 98.9 cm³/mol. The molecule has 0 unspecified atom stereocenters. The molecule has 25 heavy (non-hydrogen) atoms. The molecule has 1 aliphatic carbocycles. The van der Waals surface area contributed by atoms with E-state index >= 15 is 0 Å². The highest BCUT2D eigenvalue weighted by Gasteiger charge is 2.26. The predicted octanol–water partition coefficient (Wildman–Crippen LogP) is 6.34. The zero-order valence-electron chi connectivity index (χ0n) is 14.8. The third kappa shape index (κ3) is 3.37. The number of hydrogen-bond donors (Lipinski definition) is 0. The highest BCUT2D eigenvalue weighted by atomic mass is 19.1. The van der Waals surface area contributed by atoms with E-state index in [-0.39, 0.29) is 11.2 Å². The fourth-order valence-electron chi connectivity index (χ4n) is 3.02. The smallest absolute Gasteiger partial charge is 0.227 e. The van der Waals surface area contributed by atoms with Crippen molar-refractivity contribution < 1.29 is 9.13 Å². The van der Waals surface area contributed by atoms with Crippen molar-refractivity contribution in [3.05, 3.63) is 65.6 Å². The second-order valence-electron chi connectivity index (χ2n) is 7.87. The van der Waals surface area contributed by atoms with E-state index in [1.165, 1.54) is 11.6 Å². The molecule has 1 heterocycles. The quantitative estimate of drug-likeness (QED) is 0.557. The van der Waals surface area contributed by atoms with Gasteiger partial charge < -0.3 is 4.74 Å². The van der Waals surface area contributed by atoms with E-state index in [2.05, 4.69) is 32.9 Å². The first kappa shape index (κ1) is 16.1. The largest absolute Gasteiger partial charge is 0.438 e. The van der Waals surface area contributed by atoms with E-state index in [4.69, 9.17) is 9.72 Å². The molecule has 4 rings (SSSR count). The molecule has 2 nitrogen and oxygen atoms in total. The van der Waals surface area contributed by atoms with Gasteiger partial charge in [-0.2, -0.15) is 0 Å². The highest BCUT2D eigenvalue weighted by Crippen LogP contribution is 2.42. The summed E-state index contributed by atoms with van der Waals surface area (Å²) in [5, 5.41) is 1.68. The molecular weight excluding hydrogens is 313 g/mol. The van der Waals surface area contributed by atoms with Gasteiger partial charge in [-0.3, -0.25) is 0 Å². The van der Waals surface area contributed by atoms with Crippen molar-refractivity contribution in [3.63, 3.8) is 0 Å². The first-order chi connectivity index (χ1) is 11.9. The van der Waals surface area contributed by atoms with Crippen LogP contribution in [0.3, 0.4) is 0 Å². The van der Waals surface area contributed by atoms with E-state index in [0.29, 0.717) is 11.8 Å². The molecule has 1 aliphatic rings. The maximum atomic E-state index is 13.6. The highest BCUT2D eigenvalue weighted by molar-refractivity contribution is 5.87. The van der Waals surface area contributed by atoms with Gasteiger partial charge in [-0.25, -0.2) is 9.37 Å². The van der Waals surface area contributed by atoms with Crippen LogP contribution in [0.15, 0.2) is 48.5 Å². The van der Waals surface area contributed by atoms with Gasteiger partial charge in [0.25, 0.3) is 0 Å². The second-order valence-corrected chi connectivity index (χ2v) is 7.87. The number of aromatic nitrogens is 1. The molecule has 1 aromatic heterocycles. The Hall–Kier alpha value is -2.42. The first-order valence-corrected chi connectivity index (χ1v) is 8.79. The molecule has 1 saturated carbocycles. The molecule has 3 aromatic rings. The number of pyridine rings is 1. The van der Waals surface area contributed by atoms with Crippen LogP contribution in [0, 0.1) is 5.82 Å². The van der Waals surface area contributed by atoms with Crippen LogP contribution < -0.4 is 4.74 Å². The molecule has 3 heteroatoms. The van der Waals surface area contributed by atoms with Gasteiger partial charge in [0.1, 0.15) is 11.6 Å². The van der Waals surface area contributed by atoms with Crippen molar-refractivity contribution >= 4 is 10.8 Å². The SMILES string of the molecule is CC(C)(C)c1ccc(Oc2nc(C3CC3)cc3cc(F)ccc23)cc1. The van der Waals surface area contributed by atoms with Crippen LogP contribution in [0.25, 0.3) is 10.8 Å². The Balaban J connectivity index is 1.73. The van der Waals surface area contributed by atoms with Gasteiger partial charge in [0.05, 0.1) is 0 Å². The fraction of sp³-hybridized carbons (Fsp3) is 0.318. The van der Waals surface area contributed by atoms with E-state index < -0.39 is 0 Å². The molecule has 0 aliphatic heterocycles. The Morgan fingerprint density at radius 3 is 2.36 bits per heavy atom. The number of rotatable bonds is 3. The lowest BCUT2D eigenvalue weighted by Crippen LogP contribution is -2.10. The van der Waals surface area contributed by atoms with Gasteiger partial charge in [0.15, 0.2) is 0 Å². The summed E-state index contributed by atoms with van der Waals surface area (Å²) < 4.78 is 19.7. The van der Waals surface area contributed by atoms with E-state index in [1.807, 2.05) is 18.2 Å². The van der Waals surface area contributed by atoms with Gasteiger partial charge in [0.2, 0.25) is 5.88 Å². The summed E-state index contributed by atoms with van der Waals surface area (Å²) in [6.07, 6.45) is 2.29. The van der Waals surface area contributed by atoms with Crippen molar-refractivity contribution in [2.24, 2.45) is 0 Å². The molecule has 0 amide bonds. The van der Waals surface area contributed by atoms with Crippen molar-refractivity contribution in [3.8, 4) is 11.6 Å². The maximum Gasteiger partial charge on any atom is 0.227 e. The number of halogens is 1. The second kappa shape index (κ2) is 5.83. The van der Waals surface area contributed by atoms with Gasteiger partial charge in [-0.05, 0) is 65.6 Å². The Labute approximate surface area is 147 Å². The summed E-state index contributed by atoms with van der Waals surface area (Å²) in [5.41, 5.74) is 2.36. The minimum absolute atomic E-state index is 0.104. The zero-order chi connectivity index (χ0) is 17.6. The van der Waals surface area contributed by atoms with Gasteiger partial charge in [-0.15, -0.1) is 0 Å². The van der Waals surface area contributed by atoms with Crippen LogP contribution in [0.5, 0.6) is 11.6 Å². The van der Waals surface area contributed by atoms with Crippen LogP contribution in [0.2, 0.25) is 0 Å². The Kier molecular flexibility index (Phi) is 3.75. The van der Waals surface area contributed by atoms with E-state index in [1.54, 1.807) is 12.1 Å². The van der Waals surface area contributed by atoms with Crippen molar-refractivity contribution in [1.29, 1.82) is 0 Å². The maximum absolute atomic E-state index is 13.6. The van der Waals surface area contributed by atoms with Crippen molar-refractivity contribution in [1.82, 2.24) is 4.98 Å². The van der Waals surface area contributed by atoms with Crippen LogP contribution in [-0.4, -0.2) is 4.98 Å². The summed E-state index contributed by atoms with van der Waals surface area (Å²) in [4.78, 5) is 4.71. The summed E-state index contributed by atoms with van der Waals surface area (Å²) in [6, 6.07) is 14.9. The molecule has 128 valence electrons. The topological polar surface area (TPSA) is 22.1 Å². The normalized spacial score (nSPS) is 14.7. The van der Waals surface area contributed by atoms with Crippen LogP contribution in [0.1, 0.15) is 50.8 Å². The third-order valence-corrected chi connectivity index (χ3v) is 4.71. The molecule has 0 atom stereocenters. The fourth-order valence-corrected chi connectivity index (χ4v) is 3.02. The number of hydrogen-bond acceptors (Lipinski definition) is 2. The molecule has 0 N–H and O–H groups in total. The summed E-state index contributed by atoms with van der Waals surface area (Å²) in [7, 11) is 0. The lowest BCUT2D eigenvalue weighted by molar-refractivity contribution is 0.466. The van der Waals surface area contributed by atoms with Gasteiger partial charge >= 0.3 is 0 Å². The molecule has 2 aromatic carbocycles. The summed E-state index contributed by atoms with van der Waals surface area (Å²) in [6.45, 7) is 6.56. The van der Waals surface area contributed by atoms with Gasteiger partial charge in [-0.1, -0.05) is 32.9 Å². The van der Waals surface area contributed by atoms with E-state index in [0.717, 1.165) is 35.1 Å². The van der Waals surface area contributed by atoms with Crippen molar-refractivity contribution in [2.75, 3.05) is 0 Å². The molecule has 1 fully saturated rings. The summed E-state index contributed by atoms with van der Waals surface area (Å²) in [5.74, 6) is 1.56. The van der Waals surface area contributed by atoms with Crippen LogP contribution in [0.4, 0.5) is 4.39 Å². The van der Waals surface area contributed by atoms with Crippen molar-refractivity contribution in [2.45, 2.75) is 44.9 Å². The number of fused-ring (bicyclic) bond motifs is 1. The molecule has 0 radical (unpaired) electrons. The van der Waals surface area contributed by atoms with Crippen LogP contribution in [-0.2, 0) is 5.41 Å². The molecule has 0 spiro atoms. The lowest BCUT2D eigenvalue weighted by Gasteiger charge is -2.19. The first-order valence-electron chi connectivity index (χ1n) is 8.79. The number of benzene rings is 2. The Morgan fingerprint density at radius 1 is 1.00 bits per heavy atom. The minimum Gasteiger partial charge on any atom is -0.438 e. The molecule has 0 bridgehead atoms. The number of ether oxygens (including phenoxy) is 1. The average Bonchev–Trinajstić information content (AvgIpc) is 3.39. The minimum atomic E-state index is -0.235. The zero-order valence-corrected chi connectivity index (χ0v) is 14.8.